The van der Waals surface area contributed by atoms with Crippen molar-refractivity contribution in [2.75, 3.05) is 13.2 Å². The minimum atomic E-state index is 0.617. The molecule has 0 aromatic rings. The Labute approximate surface area is 66.5 Å². The lowest BCUT2D eigenvalue weighted by atomic mass is 9.54. The molecule has 0 N–H and O–H groups in total. The van der Waals surface area contributed by atoms with Gasteiger partial charge < -0.3 is 9.64 Å². The van der Waals surface area contributed by atoms with Crippen molar-refractivity contribution >= 4 is 0 Å². The molecule has 5 atom stereocenters. The zero-order chi connectivity index (χ0) is 7.22. The third-order valence-electron chi connectivity index (χ3n) is 4.49. The standard InChI is InChI=1S/C9H12NO/c1-10-7-3-11-4-9(7)6-2-5(6)8(9)10/h5-8H,1-4H2/q-1. The molecule has 1 spiro atoms. The molecule has 5 unspecified atom stereocenters. The molecule has 2 saturated heterocycles. The van der Waals surface area contributed by atoms with Gasteiger partial charge in [0.2, 0.25) is 0 Å². The van der Waals surface area contributed by atoms with Crippen LogP contribution < -0.4 is 0 Å². The van der Waals surface area contributed by atoms with Crippen LogP contribution in [0.4, 0.5) is 0 Å². The van der Waals surface area contributed by atoms with Crippen molar-refractivity contribution in [2.24, 2.45) is 17.3 Å². The van der Waals surface area contributed by atoms with Gasteiger partial charge in [0, 0.05) is 11.5 Å². The van der Waals surface area contributed by atoms with E-state index in [-0.39, 0.29) is 0 Å². The normalized spacial score (nSPS) is 70.6. The molecule has 0 radical (unpaired) electrons. The summed E-state index contributed by atoms with van der Waals surface area (Å²) in [7, 11) is 4.09. The smallest absolute Gasteiger partial charge is 0.0605 e. The molecule has 0 amide bonds. The average Bonchev–Trinajstić information content (AvgIpc) is 2.58. The molecule has 4 rings (SSSR count). The van der Waals surface area contributed by atoms with Gasteiger partial charge in [0.05, 0.1) is 13.2 Å². The fourth-order valence-electron chi connectivity index (χ4n) is 3.99. The van der Waals surface area contributed by atoms with E-state index in [0.717, 1.165) is 31.1 Å². The molecule has 0 bridgehead atoms. The first-order chi connectivity index (χ1) is 5.36. The Kier molecular flexibility index (Phi) is 0.641. The zero-order valence-electron chi connectivity index (χ0n) is 6.49. The predicted octanol–water partition coefficient (Wildman–Crippen LogP) is 0.497. The van der Waals surface area contributed by atoms with Crippen molar-refractivity contribution in [2.45, 2.75) is 18.5 Å². The lowest BCUT2D eigenvalue weighted by Gasteiger charge is -2.70. The van der Waals surface area contributed by atoms with Gasteiger partial charge in [-0.1, -0.05) is 0 Å². The Morgan fingerprint density at radius 3 is 3.36 bits per heavy atom. The molecule has 11 heavy (non-hydrogen) atoms. The molecule has 2 aliphatic heterocycles. The predicted molar refractivity (Wildman–Crippen MR) is 39.6 cm³/mol. The number of hydrogen-bond donors (Lipinski definition) is 0. The van der Waals surface area contributed by atoms with Gasteiger partial charge in [-0.25, -0.2) is 0 Å². The maximum absolute atomic E-state index is 5.54. The second kappa shape index (κ2) is 1.27. The molecular weight excluding hydrogens is 138 g/mol. The van der Waals surface area contributed by atoms with Crippen LogP contribution in [0.1, 0.15) is 6.42 Å². The molecule has 2 aliphatic carbocycles. The Bertz CT molecular complexity index is 234. The van der Waals surface area contributed by atoms with Crippen molar-refractivity contribution in [3.05, 3.63) is 7.05 Å². The third-order valence-corrected chi connectivity index (χ3v) is 4.49. The number of hydrogen-bond acceptors (Lipinski definition) is 2. The SMILES string of the molecule is [CH2-]N1C2COCC23C2CC2C13. The molecule has 0 aromatic carbocycles. The maximum atomic E-state index is 5.54. The van der Waals surface area contributed by atoms with Gasteiger partial charge in [-0.15, -0.1) is 0 Å². The summed E-state index contributed by atoms with van der Waals surface area (Å²) in [6, 6.07) is 1.51. The van der Waals surface area contributed by atoms with E-state index in [1.165, 1.54) is 6.42 Å². The molecular formula is C9H12NO-. The van der Waals surface area contributed by atoms with Gasteiger partial charge >= 0.3 is 0 Å². The van der Waals surface area contributed by atoms with Crippen molar-refractivity contribution in [3.63, 3.8) is 0 Å². The first kappa shape index (κ1) is 5.55. The number of nitrogens with zero attached hydrogens (tertiary/aromatic N) is 1. The summed E-state index contributed by atoms with van der Waals surface area (Å²) < 4.78 is 5.54. The zero-order valence-corrected chi connectivity index (χ0v) is 6.49. The number of piperidine rings is 1. The van der Waals surface area contributed by atoms with Crippen LogP contribution in [-0.2, 0) is 4.74 Å². The van der Waals surface area contributed by atoms with E-state index in [4.69, 9.17) is 4.74 Å². The highest BCUT2D eigenvalue weighted by molar-refractivity contribution is 5.34. The van der Waals surface area contributed by atoms with Gasteiger partial charge in [-0.05, 0) is 24.3 Å². The van der Waals surface area contributed by atoms with Gasteiger partial charge in [-0.3, -0.25) is 7.05 Å². The van der Waals surface area contributed by atoms with Gasteiger partial charge in [0.15, 0.2) is 0 Å². The van der Waals surface area contributed by atoms with Crippen LogP contribution in [0.25, 0.3) is 0 Å². The van der Waals surface area contributed by atoms with E-state index < -0.39 is 0 Å². The second-order valence-electron chi connectivity index (χ2n) is 4.61. The third kappa shape index (κ3) is 0.338. The summed E-state index contributed by atoms with van der Waals surface area (Å²) in [6.07, 6.45) is 1.47. The summed E-state index contributed by atoms with van der Waals surface area (Å²) in [4.78, 5) is 2.31. The van der Waals surface area contributed by atoms with Crippen LogP contribution in [0.5, 0.6) is 0 Å². The summed E-state index contributed by atoms with van der Waals surface area (Å²) in [6.45, 7) is 1.98. The van der Waals surface area contributed by atoms with Crippen molar-refractivity contribution < 1.29 is 4.74 Å². The highest BCUT2D eigenvalue weighted by Crippen LogP contribution is 2.77. The Balaban J connectivity index is 1.82. The molecule has 4 fully saturated rings. The number of likely N-dealkylation sites (tertiary alicyclic amines) is 1. The monoisotopic (exact) mass is 150 g/mol. The number of ether oxygens (including phenoxy) is 1. The Morgan fingerprint density at radius 2 is 2.45 bits per heavy atom. The van der Waals surface area contributed by atoms with Crippen molar-refractivity contribution in [3.8, 4) is 0 Å². The van der Waals surface area contributed by atoms with E-state index in [0.29, 0.717) is 11.5 Å². The van der Waals surface area contributed by atoms with E-state index in [1.54, 1.807) is 0 Å². The Morgan fingerprint density at radius 1 is 1.55 bits per heavy atom. The lowest BCUT2D eigenvalue weighted by molar-refractivity contribution is -0.164. The minimum Gasteiger partial charge on any atom is -0.451 e. The quantitative estimate of drug-likeness (QED) is 0.466. The van der Waals surface area contributed by atoms with Gasteiger partial charge in [-0.2, -0.15) is 0 Å². The van der Waals surface area contributed by atoms with Crippen LogP contribution in [0, 0.1) is 24.3 Å². The second-order valence-corrected chi connectivity index (χ2v) is 4.61. The van der Waals surface area contributed by atoms with E-state index in [9.17, 15) is 0 Å². The first-order valence-corrected chi connectivity index (χ1v) is 4.52. The van der Waals surface area contributed by atoms with Crippen molar-refractivity contribution in [1.82, 2.24) is 4.90 Å². The molecule has 60 valence electrons. The summed E-state index contributed by atoms with van der Waals surface area (Å²) in [5.41, 5.74) is 0.617. The van der Waals surface area contributed by atoms with E-state index in [2.05, 4.69) is 11.9 Å². The van der Waals surface area contributed by atoms with Crippen molar-refractivity contribution in [1.29, 1.82) is 0 Å². The average molecular weight is 150 g/mol. The summed E-state index contributed by atoms with van der Waals surface area (Å²) >= 11 is 0. The highest BCUT2D eigenvalue weighted by atomic mass is 16.5. The van der Waals surface area contributed by atoms with Gasteiger partial charge in [0.1, 0.15) is 0 Å². The molecule has 2 saturated carbocycles. The molecule has 2 heterocycles. The first-order valence-electron chi connectivity index (χ1n) is 4.52. The van der Waals surface area contributed by atoms with Crippen LogP contribution in [0.3, 0.4) is 0 Å². The van der Waals surface area contributed by atoms with E-state index >= 15 is 0 Å². The van der Waals surface area contributed by atoms with Crippen LogP contribution in [0.2, 0.25) is 0 Å². The van der Waals surface area contributed by atoms with Gasteiger partial charge in [0.25, 0.3) is 0 Å². The molecule has 0 aromatic heterocycles. The lowest BCUT2D eigenvalue weighted by Crippen LogP contribution is -2.76. The number of fused-ring (bicyclic) bond motifs is 2. The maximum Gasteiger partial charge on any atom is 0.0605 e. The Hall–Kier alpha value is -0.0800. The van der Waals surface area contributed by atoms with Crippen LogP contribution in [0.15, 0.2) is 0 Å². The molecule has 2 nitrogen and oxygen atoms in total. The fraction of sp³-hybridized carbons (Fsp3) is 0.889. The highest BCUT2D eigenvalue weighted by Gasteiger charge is 2.80. The fourth-order valence-corrected chi connectivity index (χ4v) is 3.99. The summed E-state index contributed by atoms with van der Waals surface area (Å²) in [5.74, 6) is 2.06. The van der Waals surface area contributed by atoms with E-state index in [1.807, 2.05) is 0 Å². The van der Waals surface area contributed by atoms with Crippen LogP contribution in [-0.4, -0.2) is 30.2 Å². The summed E-state index contributed by atoms with van der Waals surface area (Å²) in [5, 5.41) is 0. The topological polar surface area (TPSA) is 12.5 Å². The van der Waals surface area contributed by atoms with Crippen LogP contribution >= 0.6 is 0 Å². The number of rotatable bonds is 0. The minimum absolute atomic E-state index is 0.617. The largest absolute Gasteiger partial charge is 0.451 e. The molecule has 2 heteroatoms. The molecule has 4 aliphatic rings.